The predicted octanol–water partition coefficient (Wildman–Crippen LogP) is 1.34. The molecular weight excluding hydrogens is 202 g/mol. The Morgan fingerprint density at radius 2 is 2.19 bits per heavy atom. The SMILES string of the molecule is COCCn1ccnc1C1CCN(C)CC1. The van der Waals surface area contributed by atoms with Crippen molar-refractivity contribution >= 4 is 0 Å². The Labute approximate surface area is 97.2 Å². The molecule has 2 heterocycles. The number of likely N-dealkylation sites (tertiary alicyclic amines) is 1. The van der Waals surface area contributed by atoms with Gasteiger partial charge in [-0.3, -0.25) is 0 Å². The molecule has 0 radical (unpaired) electrons. The van der Waals surface area contributed by atoms with Gasteiger partial charge in [-0.05, 0) is 33.0 Å². The second-order valence-electron chi connectivity index (χ2n) is 4.55. The maximum absolute atomic E-state index is 5.12. The van der Waals surface area contributed by atoms with Crippen molar-refractivity contribution in [1.82, 2.24) is 14.5 Å². The summed E-state index contributed by atoms with van der Waals surface area (Å²) in [5, 5.41) is 0. The molecule has 0 aliphatic carbocycles. The zero-order chi connectivity index (χ0) is 11.4. The lowest BCUT2D eigenvalue weighted by Gasteiger charge is -2.28. The van der Waals surface area contributed by atoms with Crippen molar-refractivity contribution in [3.05, 3.63) is 18.2 Å². The number of piperidine rings is 1. The van der Waals surface area contributed by atoms with Crippen LogP contribution in [0.25, 0.3) is 0 Å². The van der Waals surface area contributed by atoms with Crippen LogP contribution in [0.2, 0.25) is 0 Å². The van der Waals surface area contributed by atoms with Gasteiger partial charge in [0.25, 0.3) is 0 Å². The third-order valence-corrected chi connectivity index (χ3v) is 3.37. The summed E-state index contributed by atoms with van der Waals surface area (Å²) in [5.74, 6) is 1.87. The van der Waals surface area contributed by atoms with Crippen LogP contribution in [0.15, 0.2) is 12.4 Å². The van der Waals surface area contributed by atoms with Crippen molar-refractivity contribution in [3.63, 3.8) is 0 Å². The number of rotatable bonds is 4. The van der Waals surface area contributed by atoms with Crippen molar-refractivity contribution in [3.8, 4) is 0 Å². The van der Waals surface area contributed by atoms with Crippen molar-refractivity contribution in [1.29, 1.82) is 0 Å². The molecule has 0 amide bonds. The minimum Gasteiger partial charge on any atom is -0.383 e. The highest BCUT2D eigenvalue weighted by atomic mass is 16.5. The number of methoxy groups -OCH3 is 1. The van der Waals surface area contributed by atoms with Gasteiger partial charge in [0.2, 0.25) is 0 Å². The van der Waals surface area contributed by atoms with Crippen LogP contribution in [0.4, 0.5) is 0 Å². The van der Waals surface area contributed by atoms with Gasteiger partial charge in [0.1, 0.15) is 5.82 Å². The van der Waals surface area contributed by atoms with Gasteiger partial charge in [-0.1, -0.05) is 0 Å². The van der Waals surface area contributed by atoms with E-state index in [1.165, 1.54) is 31.8 Å². The molecule has 1 aromatic heterocycles. The van der Waals surface area contributed by atoms with Crippen LogP contribution < -0.4 is 0 Å². The number of hydrogen-bond donors (Lipinski definition) is 0. The molecule has 2 rings (SSSR count). The van der Waals surface area contributed by atoms with Crippen molar-refractivity contribution in [2.45, 2.75) is 25.3 Å². The van der Waals surface area contributed by atoms with Crippen LogP contribution >= 0.6 is 0 Å². The van der Waals surface area contributed by atoms with Crippen molar-refractivity contribution < 1.29 is 4.74 Å². The molecule has 4 heteroatoms. The average molecular weight is 223 g/mol. The zero-order valence-electron chi connectivity index (χ0n) is 10.2. The number of aromatic nitrogens is 2. The smallest absolute Gasteiger partial charge is 0.111 e. The first-order chi connectivity index (χ1) is 7.81. The predicted molar refractivity (Wildman–Crippen MR) is 63.6 cm³/mol. The zero-order valence-corrected chi connectivity index (χ0v) is 10.2. The molecule has 16 heavy (non-hydrogen) atoms. The Bertz CT molecular complexity index is 316. The van der Waals surface area contributed by atoms with E-state index in [1.807, 2.05) is 6.20 Å². The second kappa shape index (κ2) is 5.46. The molecule has 0 unspecified atom stereocenters. The van der Waals surface area contributed by atoms with Gasteiger partial charge in [0.05, 0.1) is 6.61 Å². The fourth-order valence-corrected chi connectivity index (χ4v) is 2.33. The third-order valence-electron chi connectivity index (χ3n) is 3.37. The Morgan fingerprint density at radius 3 is 2.88 bits per heavy atom. The maximum Gasteiger partial charge on any atom is 0.111 e. The number of hydrogen-bond acceptors (Lipinski definition) is 3. The van der Waals surface area contributed by atoms with E-state index in [0.29, 0.717) is 5.92 Å². The molecule has 0 N–H and O–H groups in total. The van der Waals surface area contributed by atoms with E-state index in [4.69, 9.17) is 4.74 Å². The monoisotopic (exact) mass is 223 g/mol. The van der Waals surface area contributed by atoms with Crippen molar-refractivity contribution in [2.24, 2.45) is 0 Å². The number of nitrogens with zero attached hydrogens (tertiary/aromatic N) is 3. The minimum absolute atomic E-state index is 0.628. The molecule has 0 atom stereocenters. The fraction of sp³-hybridized carbons (Fsp3) is 0.750. The largest absolute Gasteiger partial charge is 0.383 e. The lowest BCUT2D eigenvalue weighted by molar-refractivity contribution is 0.184. The molecule has 1 saturated heterocycles. The molecule has 0 bridgehead atoms. The summed E-state index contributed by atoms with van der Waals surface area (Å²) in [6.07, 6.45) is 6.41. The molecule has 90 valence electrons. The summed E-state index contributed by atoms with van der Waals surface area (Å²) in [5.41, 5.74) is 0. The van der Waals surface area contributed by atoms with E-state index in [0.717, 1.165) is 13.2 Å². The van der Waals surface area contributed by atoms with Gasteiger partial charge in [0.15, 0.2) is 0 Å². The third kappa shape index (κ3) is 2.62. The number of imidazole rings is 1. The summed E-state index contributed by atoms with van der Waals surface area (Å²) in [4.78, 5) is 6.89. The molecule has 0 saturated carbocycles. The van der Waals surface area contributed by atoms with Gasteiger partial charge in [-0.25, -0.2) is 4.98 Å². The van der Waals surface area contributed by atoms with Crippen LogP contribution in [-0.4, -0.2) is 48.3 Å². The van der Waals surface area contributed by atoms with E-state index < -0.39 is 0 Å². The van der Waals surface area contributed by atoms with Gasteiger partial charge < -0.3 is 14.2 Å². The highest BCUT2D eigenvalue weighted by molar-refractivity contribution is 5.02. The Morgan fingerprint density at radius 1 is 1.44 bits per heavy atom. The Kier molecular flexibility index (Phi) is 3.96. The first-order valence-electron chi connectivity index (χ1n) is 5.99. The lowest BCUT2D eigenvalue weighted by atomic mass is 9.96. The average Bonchev–Trinajstić information content (AvgIpc) is 2.75. The van der Waals surface area contributed by atoms with Gasteiger partial charge in [-0.2, -0.15) is 0 Å². The van der Waals surface area contributed by atoms with Crippen LogP contribution in [0.3, 0.4) is 0 Å². The summed E-state index contributed by atoms with van der Waals surface area (Å²) >= 11 is 0. The summed E-state index contributed by atoms with van der Waals surface area (Å²) in [7, 11) is 3.93. The highest BCUT2D eigenvalue weighted by Gasteiger charge is 2.21. The molecule has 1 aromatic rings. The normalized spacial score (nSPS) is 19.1. The fourth-order valence-electron chi connectivity index (χ4n) is 2.33. The first kappa shape index (κ1) is 11.6. The minimum atomic E-state index is 0.628. The van der Waals surface area contributed by atoms with Crippen LogP contribution in [0.5, 0.6) is 0 Å². The van der Waals surface area contributed by atoms with Crippen LogP contribution in [-0.2, 0) is 11.3 Å². The van der Waals surface area contributed by atoms with E-state index in [9.17, 15) is 0 Å². The van der Waals surface area contributed by atoms with Gasteiger partial charge in [-0.15, -0.1) is 0 Å². The summed E-state index contributed by atoms with van der Waals surface area (Å²) < 4.78 is 7.35. The molecule has 1 aliphatic heterocycles. The van der Waals surface area contributed by atoms with Gasteiger partial charge >= 0.3 is 0 Å². The van der Waals surface area contributed by atoms with E-state index in [1.54, 1.807) is 7.11 Å². The standard InChI is InChI=1S/C12H21N3O/c1-14-6-3-11(4-7-14)12-13-5-8-15(12)9-10-16-2/h5,8,11H,3-4,6-7,9-10H2,1-2H3. The van der Waals surface area contributed by atoms with E-state index >= 15 is 0 Å². The van der Waals surface area contributed by atoms with Crippen LogP contribution in [0.1, 0.15) is 24.6 Å². The molecule has 0 aromatic carbocycles. The molecule has 4 nitrogen and oxygen atoms in total. The van der Waals surface area contributed by atoms with Crippen LogP contribution in [0, 0.1) is 0 Å². The Balaban J connectivity index is 1.99. The van der Waals surface area contributed by atoms with E-state index in [-0.39, 0.29) is 0 Å². The second-order valence-corrected chi connectivity index (χ2v) is 4.55. The summed E-state index contributed by atoms with van der Waals surface area (Å²) in [6.45, 7) is 4.04. The summed E-state index contributed by atoms with van der Waals surface area (Å²) in [6, 6.07) is 0. The maximum atomic E-state index is 5.12. The van der Waals surface area contributed by atoms with Gasteiger partial charge in [0, 0.05) is 32.0 Å². The molecule has 1 aliphatic rings. The van der Waals surface area contributed by atoms with E-state index in [2.05, 4.69) is 27.7 Å². The first-order valence-corrected chi connectivity index (χ1v) is 5.99. The number of ether oxygens (including phenoxy) is 1. The highest BCUT2D eigenvalue weighted by Crippen LogP contribution is 2.26. The van der Waals surface area contributed by atoms with Crippen molar-refractivity contribution in [2.75, 3.05) is 33.9 Å². The lowest BCUT2D eigenvalue weighted by Crippen LogP contribution is -2.30. The quantitative estimate of drug-likeness (QED) is 0.771. The Hall–Kier alpha value is -0.870. The molecular formula is C12H21N3O. The molecule has 1 fully saturated rings. The topological polar surface area (TPSA) is 30.3 Å². The molecule has 0 spiro atoms.